The maximum atomic E-state index is 13.8. The zero-order valence-electron chi connectivity index (χ0n) is 35.9. The van der Waals surface area contributed by atoms with Gasteiger partial charge in [0.05, 0.1) is 27.9 Å². The van der Waals surface area contributed by atoms with E-state index in [4.69, 9.17) is 15.8 Å². The van der Waals surface area contributed by atoms with Gasteiger partial charge in [-0.25, -0.2) is 26.6 Å². The number of carbonyl (C=O) groups excluding carboxylic acids is 4. The lowest BCUT2D eigenvalue weighted by atomic mass is 9.80. The van der Waals surface area contributed by atoms with Crippen molar-refractivity contribution >= 4 is 74.4 Å². The fourth-order valence-electron chi connectivity index (χ4n) is 7.33. The molecule has 0 unspecified atom stereocenters. The van der Waals surface area contributed by atoms with Crippen LogP contribution >= 0.6 is 15.9 Å². The molecule has 0 saturated heterocycles. The van der Waals surface area contributed by atoms with Gasteiger partial charge in [0.15, 0.2) is 29.1 Å². The molecular formula is C49H39BBrF4N7O6. The molecule has 0 aliphatic heterocycles. The fraction of sp³-hybridized carbons (Fsp3) is 0.143. The number of hydrogen-bond acceptors (Lipinski definition) is 8. The van der Waals surface area contributed by atoms with Crippen LogP contribution in [0, 0.1) is 23.3 Å². The van der Waals surface area contributed by atoms with Crippen LogP contribution in [0.4, 0.5) is 28.9 Å². The average molecular weight is 989 g/mol. The van der Waals surface area contributed by atoms with Crippen molar-refractivity contribution in [1.29, 1.82) is 0 Å². The highest BCUT2D eigenvalue weighted by atomic mass is 79.9. The van der Waals surface area contributed by atoms with Crippen LogP contribution in [0.1, 0.15) is 74.0 Å². The normalized spacial score (nSPS) is 12.9. The van der Waals surface area contributed by atoms with Crippen LogP contribution in [-0.2, 0) is 0 Å². The Morgan fingerprint density at radius 3 is 1.54 bits per heavy atom. The summed E-state index contributed by atoms with van der Waals surface area (Å²) in [7, 11) is -1.47. The highest BCUT2D eigenvalue weighted by Gasteiger charge is 2.36. The first-order valence-corrected chi connectivity index (χ1v) is 21.9. The molecule has 0 radical (unpaired) electrons. The minimum absolute atomic E-state index is 0.0203. The summed E-state index contributed by atoms with van der Waals surface area (Å²) in [6.45, 7) is 1.46. The Morgan fingerprint density at radius 1 is 0.618 bits per heavy atom. The lowest BCUT2D eigenvalue weighted by Crippen LogP contribution is -2.33. The summed E-state index contributed by atoms with van der Waals surface area (Å²) in [5, 5.41) is 25.9. The van der Waals surface area contributed by atoms with Crippen molar-refractivity contribution in [2.75, 3.05) is 9.80 Å². The van der Waals surface area contributed by atoms with Crippen LogP contribution in [0.3, 0.4) is 0 Å². The number of benzene rings is 4. The van der Waals surface area contributed by atoms with Gasteiger partial charge >= 0.3 is 7.12 Å². The van der Waals surface area contributed by atoms with E-state index in [0.29, 0.717) is 44.6 Å². The molecule has 4 aromatic carbocycles. The van der Waals surface area contributed by atoms with Gasteiger partial charge in [0, 0.05) is 75.8 Å². The molecule has 10 rings (SSSR count). The lowest BCUT2D eigenvalue weighted by molar-refractivity contribution is 0.0977. The Labute approximate surface area is 394 Å². The summed E-state index contributed by atoms with van der Waals surface area (Å²) in [5.41, 5.74) is 11.3. The number of nitrogens with two attached hydrogens (primary N) is 1. The number of pyridine rings is 2. The van der Waals surface area contributed by atoms with E-state index in [2.05, 4.69) is 26.1 Å². The summed E-state index contributed by atoms with van der Waals surface area (Å²) in [4.78, 5) is 51.5. The zero-order chi connectivity index (χ0) is 48.4. The number of aromatic nitrogens is 4. The molecule has 0 spiro atoms. The second-order valence-electron chi connectivity index (χ2n) is 16.0. The molecule has 344 valence electrons. The van der Waals surface area contributed by atoms with Crippen molar-refractivity contribution in [1.82, 2.24) is 19.2 Å². The van der Waals surface area contributed by atoms with Crippen molar-refractivity contribution < 1.29 is 46.8 Å². The Hall–Kier alpha value is -7.48. The number of primary amides is 1. The van der Waals surface area contributed by atoms with Gasteiger partial charge in [-0.15, -0.1) is 0 Å². The maximum absolute atomic E-state index is 13.8. The Kier molecular flexibility index (Phi) is 13.7. The number of rotatable bonds is 10. The molecule has 0 atom stereocenters. The van der Waals surface area contributed by atoms with Crippen LogP contribution in [0.5, 0.6) is 0 Å². The summed E-state index contributed by atoms with van der Waals surface area (Å²) >= 11 is 3.39. The van der Waals surface area contributed by atoms with Crippen LogP contribution in [0.15, 0.2) is 138 Å². The molecule has 68 heavy (non-hydrogen) atoms. The molecule has 8 aromatic rings. The van der Waals surface area contributed by atoms with Crippen LogP contribution in [-0.4, -0.2) is 72.0 Å². The Bertz CT molecular complexity index is 3220. The molecule has 4 N–H and O–H groups in total. The number of Topliss-reactive ketones (excluding diaryl/α,β-unsaturated/α-hetero) is 1. The van der Waals surface area contributed by atoms with Gasteiger partial charge in [-0.2, -0.15) is 10.2 Å². The van der Waals surface area contributed by atoms with Crippen LogP contribution in [0.25, 0.3) is 22.2 Å². The van der Waals surface area contributed by atoms with E-state index in [9.17, 15) is 36.7 Å². The van der Waals surface area contributed by atoms with Gasteiger partial charge in [0.25, 0.3) is 11.8 Å². The van der Waals surface area contributed by atoms with Crippen molar-refractivity contribution in [3.05, 3.63) is 184 Å². The van der Waals surface area contributed by atoms with Crippen molar-refractivity contribution in [3.63, 3.8) is 0 Å². The van der Waals surface area contributed by atoms with E-state index in [1.807, 2.05) is 0 Å². The SMILES string of the molecule is CC(=O)c1ccc(B(O)O)cc1.NC(=O)c1ccc(-c2cnn3ccc(C(=O)N(c4ccc(F)c(F)c4)C4CC4)cc23)cc1.O=C(c1ccn2ncc(Br)c2c1)N(c1ccc(F)c(F)c1)C1CC1. The summed E-state index contributed by atoms with van der Waals surface area (Å²) < 4.78 is 58.1. The Morgan fingerprint density at radius 2 is 1.09 bits per heavy atom. The van der Waals surface area contributed by atoms with Crippen molar-refractivity contribution in [3.8, 4) is 11.1 Å². The molecule has 2 saturated carbocycles. The highest BCUT2D eigenvalue weighted by Crippen LogP contribution is 2.36. The molecule has 19 heteroatoms. The molecule has 2 aliphatic rings. The smallest absolute Gasteiger partial charge is 0.423 e. The minimum Gasteiger partial charge on any atom is -0.423 e. The van der Waals surface area contributed by atoms with Gasteiger partial charge in [-0.05, 0) is 120 Å². The van der Waals surface area contributed by atoms with E-state index in [-0.39, 0.29) is 29.7 Å². The first-order valence-electron chi connectivity index (χ1n) is 21.1. The van der Waals surface area contributed by atoms with Gasteiger partial charge in [0.1, 0.15) is 0 Å². The molecule has 4 heterocycles. The quantitative estimate of drug-likeness (QED) is 0.0703. The summed E-state index contributed by atoms with van der Waals surface area (Å²) in [6, 6.07) is 26.8. The number of amides is 3. The number of halogens is 5. The second kappa shape index (κ2) is 19.8. The van der Waals surface area contributed by atoms with E-state index >= 15 is 0 Å². The molecule has 3 amide bonds. The second-order valence-corrected chi connectivity index (χ2v) is 16.9. The molecule has 0 bridgehead atoms. The molecule has 4 aromatic heterocycles. The van der Waals surface area contributed by atoms with Crippen molar-refractivity contribution in [2.24, 2.45) is 5.73 Å². The van der Waals surface area contributed by atoms with Gasteiger partial charge in [-0.1, -0.05) is 36.4 Å². The van der Waals surface area contributed by atoms with Crippen molar-refractivity contribution in [2.45, 2.75) is 44.7 Å². The summed E-state index contributed by atoms with van der Waals surface area (Å²) in [5.74, 6) is -4.91. The number of hydrogen-bond donors (Lipinski definition) is 3. The number of carbonyl (C=O) groups is 4. The largest absolute Gasteiger partial charge is 0.488 e. The van der Waals surface area contributed by atoms with E-state index in [1.165, 1.54) is 36.1 Å². The molecule has 2 fully saturated rings. The Balaban J connectivity index is 0.000000152. The van der Waals surface area contributed by atoms with Crippen LogP contribution < -0.4 is 21.0 Å². The monoisotopic (exact) mass is 987 g/mol. The van der Waals surface area contributed by atoms with E-state index in [0.717, 1.165) is 71.1 Å². The van der Waals surface area contributed by atoms with E-state index in [1.54, 1.807) is 99.4 Å². The first kappa shape index (κ1) is 47.0. The predicted octanol–water partition coefficient (Wildman–Crippen LogP) is 7.94. The van der Waals surface area contributed by atoms with Crippen LogP contribution in [0.2, 0.25) is 0 Å². The highest BCUT2D eigenvalue weighted by molar-refractivity contribution is 9.10. The van der Waals surface area contributed by atoms with Gasteiger partial charge in [-0.3, -0.25) is 19.2 Å². The molecule has 2 aliphatic carbocycles. The molecular weight excluding hydrogens is 949 g/mol. The number of fused-ring (bicyclic) bond motifs is 2. The third-order valence-electron chi connectivity index (χ3n) is 11.2. The van der Waals surface area contributed by atoms with Gasteiger partial charge < -0.3 is 25.6 Å². The standard InChI is InChI=1S/C24H18F2N4O2.C17H12BrF2N3O.C8H9BO3/c25-20-8-7-18(12-21(20)26)30(17-5-6-17)24(32)16-9-10-29-22(11-16)19(13-28-29)14-1-3-15(4-2-14)23(27)31;18-13-9-21-22-6-5-10(7-16(13)22)17(24)23(11-1-2-11)12-3-4-14(19)15(20)8-12;1-6(10)7-2-4-8(5-3-7)9(11)12/h1-4,7-13,17H,5-6H2,(H2,27,31);3-9,11H,1-2H2;2-5,11-12H,1H3. The number of anilines is 2. The first-order chi connectivity index (χ1) is 32.6. The predicted molar refractivity (Wildman–Crippen MR) is 251 cm³/mol. The summed E-state index contributed by atoms with van der Waals surface area (Å²) in [6.07, 6.45) is 10.0. The fourth-order valence-corrected chi connectivity index (χ4v) is 7.71. The third-order valence-corrected chi connectivity index (χ3v) is 11.8. The minimum atomic E-state index is -1.47. The average Bonchev–Trinajstić information content (AvgIpc) is 4.28. The zero-order valence-corrected chi connectivity index (χ0v) is 37.5. The third kappa shape index (κ3) is 10.4. The van der Waals surface area contributed by atoms with E-state index < -0.39 is 36.3 Å². The number of ketones is 1. The molecule has 13 nitrogen and oxygen atoms in total. The number of nitrogens with zero attached hydrogens (tertiary/aromatic N) is 6. The maximum Gasteiger partial charge on any atom is 0.488 e. The lowest BCUT2D eigenvalue weighted by Gasteiger charge is -2.23. The van der Waals surface area contributed by atoms with Gasteiger partial charge in [0.2, 0.25) is 5.91 Å². The topological polar surface area (TPSA) is 176 Å².